The molecule has 0 aromatic heterocycles. The molecule has 0 aromatic rings. The van der Waals surface area contributed by atoms with E-state index < -0.39 is 18.3 Å². The molecule has 0 radical (unpaired) electrons. The van der Waals surface area contributed by atoms with E-state index in [0.29, 0.717) is 19.4 Å². The third-order valence-electron chi connectivity index (χ3n) is 2.03. The van der Waals surface area contributed by atoms with Crippen LogP contribution in [0, 0.1) is 11.5 Å². The van der Waals surface area contributed by atoms with Crippen LogP contribution in [0.25, 0.3) is 0 Å². The normalized spacial score (nSPS) is 12.0. The molecule has 0 saturated heterocycles. The number of isocyanates is 2. The van der Waals surface area contributed by atoms with E-state index in [0.717, 1.165) is 0 Å². The lowest BCUT2D eigenvalue weighted by Crippen LogP contribution is -2.28. The molecule has 8 nitrogen and oxygen atoms in total. The summed E-state index contributed by atoms with van der Waals surface area (Å²) in [6.07, 6.45) is 3.32. The van der Waals surface area contributed by atoms with Crippen LogP contribution >= 0.6 is 0 Å². The van der Waals surface area contributed by atoms with E-state index in [1.165, 1.54) is 25.3 Å². The van der Waals surface area contributed by atoms with Crippen molar-refractivity contribution in [3.63, 3.8) is 0 Å². The summed E-state index contributed by atoms with van der Waals surface area (Å²) in [5.74, 6) is -0.785. The van der Waals surface area contributed by atoms with Crippen molar-refractivity contribution >= 4 is 18.1 Å². The highest BCUT2D eigenvalue weighted by Gasteiger charge is 2.23. The van der Waals surface area contributed by atoms with Crippen molar-refractivity contribution in [1.82, 2.24) is 0 Å². The fraction of sp³-hybridized carbons (Fsp3) is 0.636. The molecule has 0 aliphatic heterocycles. The summed E-state index contributed by atoms with van der Waals surface area (Å²) < 4.78 is 9.33. The summed E-state index contributed by atoms with van der Waals surface area (Å²) in [6, 6.07) is 0. The number of carbonyl (C=O) groups is 1. The van der Waals surface area contributed by atoms with E-state index in [-0.39, 0.29) is 6.42 Å². The number of aliphatic imine (C=N–C) groups is 2. The van der Waals surface area contributed by atoms with E-state index in [2.05, 4.69) is 14.7 Å². The molecule has 0 N–H and O–H groups in total. The van der Waals surface area contributed by atoms with E-state index in [4.69, 9.17) is 10.00 Å². The van der Waals surface area contributed by atoms with Crippen LogP contribution in [0.2, 0.25) is 0 Å². The van der Waals surface area contributed by atoms with Gasteiger partial charge in [0.1, 0.15) is 0 Å². The molecule has 2 unspecified atom stereocenters. The largest absolute Gasteiger partial charge is 0.436 e. The molecule has 0 fully saturated rings. The molecule has 0 spiro atoms. The molecule has 0 amide bonds. The van der Waals surface area contributed by atoms with Crippen molar-refractivity contribution in [3.8, 4) is 6.26 Å². The molecule has 0 aliphatic carbocycles. The van der Waals surface area contributed by atoms with E-state index in [1.54, 1.807) is 0 Å². The summed E-state index contributed by atoms with van der Waals surface area (Å²) in [6.45, 7) is 1.68. The van der Waals surface area contributed by atoms with Crippen molar-refractivity contribution in [2.75, 3.05) is 6.54 Å². The van der Waals surface area contributed by atoms with Gasteiger partial charge >= 0.3 is 5.97 Å². The first kappa shape index (κ1) is 16.5. The number of nitrogens with zero attached hydrogens (tertiary/aromatic N) is 3. The van der Waals surface area contributed by atoms with Gasteiger partial charge in [-0.15, -0.1) is 0 Å². The van der Waals surface area contributed by atoms with E-state index in [9.17, 15) is 14.4 Å². The Morgan fingerprint density at radius 2 is 2.05 bits per heavy atom. The second kappa shape index (κ2) is 10.7. The number of hydrogen-bond donors (Lipinski definition) is 0. The maximum Gasteiger partial charge on any atom is 0.350 e. The van der Waals surface area contributed by atoms with Gasteiger partial charge in [0.15, 0.2) is 0 Å². The van der Waals surface area contributed by atoms with Crippen LogP contribution in [0.15, 0.2) is 9.98 Å². The standard InChI is InChI=1S/C11H13N3O5/c1-9(14-8-16)19-11(17)10(18-6-12)4-2-3-5-13-7-15/h9-10H,2-5H2,1H3. The Kier molecular flexibility index (Phi) is 9.27. The Balaban J connectivity index is 4.22. The van der Waals surface area contributed by atoms with Crippen LogP contribution < -0.4 is 0 Å². The van der Waals surface area contributed by atoms with Crippen LogP contribution in [0.3, 0.4) is 0 Å². The van der Waals surface area contributed by atoms with Gasteiger partial charge in [-0.05, 0) is 26.2 Å². The number of unbranched alkanes of at least 4 members (excludes halogenated alkanes) is 1. The molecule has 0 heterocycles. The molecule has 0 aliphatic rings. The highest BCUT2D eigenvalue weighted by Crippen LogP contribution is 2.08. The quantitative estimate of drug-likeness (QED) is 0.198. The van der Waals surface area contributed by atoms with E-state index in [1.807, 2.05) is 0 Å². The first-order chi connectivity index (χ1) is 9.15. The van der Waals surface area contributed by atoms with Crippen LogP contribution in [0.1, 0.15) is 26.2 Å². The van der Waals surface area contributed by atoms with Gasteiger partial charge in [0.05, 0.1) is 6.54 Å². The van der Waals surface area contributed by atoms with Crippen molar-refractivity contribution in [1.29, 1.82) is 5.26 Å². The maximum absolute atomic E-state index is 11.6. The smallest absolute Gasteiger partial charge is 0.350 e. The lowest BCUT2D eigenvalue weighted by atomic mass is 10.1. The third kappa shape index (κ3) is 8.27. The van der Waals surface area contributed by atoms with Gasteiger partial charge in [0.2, 0.25) is 24.5 Å². The average Bonchev–Trinajstić information content (AvgIpc) is 2.37. The topological polar surface area (TPSA) is 118 Å². The van der Waals surface area contributed by atoms with Gasteiger partial charge < -0.3 is 9.47 Å². The molecular weight excluding hydrogens is 254 g/mol. The number of carbonyl (C=O) groups excluding carboxylic acids is 3. The molecule has 0 bridgehead atoms. The first-order valence-electron chi connectivity index (χ1n) is 5.51. The Morgan fingerprint density at radius 1 is 1.32 bits per heavy atom. The second-order valence-corrected chi connectivity index (χ2v) is 3.42. The van der Waals surface area contributed by atoms with Gasteiger partial charge in [-0.25, -0.2) is 19.4 Å². The summed E-state index contributed by atoms with van der Waals surface area (Å²) in [5.41, 5.74) is 0. The summed E-state index contributed by atoms with van der Waals surface area (Å²) in [4.78, 5) is 37.9. The maximum atomic E-state index is 11.6. The molecular formula is C11H13N3O5. The molecule has 102 valence electrons. The van der Waals surface area contributed by atoms with Crippen LogP contribution in [0.4, 0.5) is 0 Å². The molecule has 0 rings (SSSR count). The zero-order chi connectivity index (χ0) is 14.5. The summed E-state index contributed by atoms with van der Waals surface area (Å²) >= 11 is 0. The molecule has 2 atom stereocenters. The van der Waals surface area contributed by atoms with Crippen LogP contribution in [-0.2, 0) is 23.9 Å². The molecule has 19 heavy (non-hydrogen) atoms. The van der Waals surface area contributed by atoms with Gasteiger partial charge in [-0.1, -0.05) is 0 Å². The number of nitriles is 1. The SMILES string of the molecule is CC(N=C=O)OC(=O)C(CCCCN=C=O)OC#N. The zero-order valence-electron chi connectivity index (χ0n) is 10.4. The Morgan fingerprint density at radius 3 is 2.63 bits per heavy atom. The van der Waals surface area contributed by atoms with Gasteiger partial charge in [0.25, 0.3) is 6.26 Å². The minimum absolute atomic E-state index is 0.234. The second-order valence-electron chi connectivity index (χ2n) is 3.42. The molecule has 8 heteroatoms. The minimum atomic E-state index is -1.06. The van der Waals surface area contributed by atoms with Crippen molar-refractivity contribution in [2.24, 2.45) is 9.98 Å². The third-order valence-corrected chi connectivity index (χ3v) is 2.03. The van der Waals surface area contributed by atoms with Crippen LogP contribution in [-0.4, -0.2) is 37.0 Å². The Hall–Kier alpha value is -2.48. The van der Waals surface area contributed by atoms with E-state index >= 15 is 0 Å². The highest BCUT2D eigenvalue weighted by molar-refractivity contribution is 5.75. The predicted molar refractivity (Wildman–Crippen MR) is 61.0 cm³/mol. The summed E-state index contributed by atoms with van der Waals surface area (Å²) in [7, 11) is 0. The fourth-order valence-electron chi connectivity index (χ4n) is 1.20. The zero-order valence-corrected chi connectivity index (χ0v) is 10.4. The van der Waals surface area contributed by atoms with Gasteiger partial charge in [-0.3, -0.25) is 0 Å². The number of ether oxygens (including phenoxy) is 2. The lowest BCUT2D eigenvalue weighted by molar-refractivity contribution is -0.158. The fourth-order valence-corrected chi connectivity index (χ4v) is 1.20. The minimum Gasteiger partial charge on any atom is -0.436 e. The first-order valence-corrected chi connectivity index (χ1v) is 5.51. The van der Waals surface area contributed by atoms with Crippen molar-refractivity contribution in [2.45, 2.75) is 38.5 Å². The predicted octanol–water partition coefficient (Wildman–Crippen LogP) is 0.584. The van der Waals surface area contributed by atoms with Crippen molar-refractivity contribution < 1.29 is 23.9 Å². The summed E-state index contributed by atoms with van der Waals surface area (Å²) in [5, 5.41) is 8.43. The number of hydrogen-bond acceptors (Lipinski definition) is 8. The van der Waals surface area contributed by atoms with Crippen LogP contribution in [0.5, 0.6) is 0 Å². The molecule has 0 saturated carbocycles. The van der Waals surface area contributed by atoms with Gasteiger partial charge in [-0.2, -0.15) is 10.3 Å². The average molecular weight is 267 g/mol. The Labute approximate surface area is 109 Å². The highest BCUT2D eigenvalue weighted by atomic mass is 16.6. The molecule has 0 aromatic carbocycles. The monoisotopic (exact) mass is 267 g/mol. The lowest BCUT2D eigenvalue weighted by Gasteiger charge is -2.14. The van der Waals surface area contributed by atoms with Gasteiger partial charge in [0, 0.05) is 0 Å². The van der Waals surface area contributed by atoms with Crippen molar-refractivity contribution in [3.05, 3.63) is 0 Å². The Bertz CT molecular complexity index is 419. The number of rotatable bonds is 9. The number of esters is 1.